The third kappa shape index (κ3) is 5.15. The number of sulfonamides is 1. The summed E-state index contributed by atoms with van der Waals surface area (Å²) in [5.74, 6) is -0.644. The summed E-state index contributed by atoms with van der Waals surface area (Å²) in [6.07, 6.45) is 0.229. The first-order valence-corrected chi connectivity index (χ1v) is 9.63. The molecule has 0 unspecified atom stereocenters. The Hall–Kier alpha value is -3.19. The van der Waals surface area contributed by atoms with E-state index in [1.165, 1.54) is 48.5 Å². The van der Waals surface area contributed by atoms with E-state index < -0.39 is 15.8 Å². The van der Waals surface area contributed by atoms with E-state index in [0.717, 1.165) is 5.56 Å². The van der Waals surface area contributed by atoms with Gasteiger partial charge >= 0.3 is 0 Å². The highest BCUT2D eigenvalue weighted by molar-refractivity contribution is 7.92. The molecule has 0 aliphatic rings. The minimum atomic E-state index is -3.81. The van der Waals surface area contributed by atoms with Crippen molar-refractivity contribution in [2.24, 2.45) is 0 Å². The molecule has 5 nitrogen and oxygen atoms in total. The van der Waals surface area contributed by atoms with Crippen LogP contribution in [0.2, 0.25) is 0 Å². The standard InChI is InChI=1S/C20H17FN2O3S/c21-16-6-8-18(9-7-16)23-27(25,26)19-12-10-17(11-13-19)22-20(24)14-15-4-2-1-3-5-15/h1-13,23H,14H2,(H,22,24). The van der Waals surface area contributed by atoms with E-state index >= 15 is 0 Å². The SMILES string of the molecule is O=C(Cc1ccccc1)Nc1ccc(S(=O)(=O)Nc2ccc(F)cc2)cc1. The monoisotopic (exact) mass is 384 g/mol. The van der Waals surface area contributed by atoms with Crippen LogP contribution < -0.4 is 10.0 Å². The lowest BCUT2D eigenvalue weighted by atomic mass is 10.1. The number of carbonyl (C=O) groups is 1. The predicted molar refractivity (Wildman–Crippen MR) is 102 cm³/mol. The van der Waals surface area contributed by atoms with Crippen LogP contribution in [0.15, 0.2) is 83.8 Å². The largest absolute Gasteiger partial charge is 0.326 e. The average Bonchev–Trinajstić information content (AvgIpc) is 2.65. The molecule has 27 heavy (non-hydrogen) atoms. The number of halogens is 1. The Morgan fingerprint density at radius 3 is 2.04 bits per heavy atom. The van der Waals surface area contributed by atoms with Gasteiger partial charge in [-0.05, 0) is 54.1 Å². The van der Waals surface area contributed by atoms with Gasteiger partial charge in [0.1, 0.15) is 5.82 Å². The van der Waals surface area contributed by atoms with Crippen molar-refractivity contribution >= 4 is 27.3 Å². The molecule has 0 radical (unpaired) electrons. The molecule has 0 saturated heterocycles. The molecule has 0 saturated carbocycles. The van der Waals surface area contributed by atoms with Crippen LogP contribution in [0, 0.1) is 5.82 Å². The van der Waals surface area contributed by atoms with Gasteiger partial charge in [-0.25, -0.2) is 12.8 Å². The van der Waals surface area contributed by atoms with Crippen molar-refractivity contribution in [3.8, 4) is 0 Å². The number of carbonyl (C=O) groups excluding carboxylic acids is 1. The van der Waals surface area contributed by atoms with Gasteiger partial charge in [0.25, 0.3) is 10.0 Å². The van der Waals surface area contributed by atoms with Crippen molar-refractivity contribution in [2.45, 2.75) is 11.3 Å². The molecule has 0 atom stereocenters. The Morgan fingerprint density at radius 1 is 0.815 bits per heavy atom. The van der Waals surface area contributed by atoms with Crippen LogP contribution in [0.4, 0.5) is 15.8 Å². The second-order valence-electron chi connectivity index (χ2n) is 5.85. The summed E-state index contributed by atoms with van der Waals surface area (Å²) in [7, 11) is -3.81. The highest BCUT2D eigenvalue weighted by atomic mass is 32.2. The Morgan fingerprint density at radius 2 is 1.41 bits per heavy atom. The summed E-state index contributed by atoms with van der Waals surface area (Å²) >= 11 is 0. The van der Waals surface area contributed by atoms with Crippen molar-refractivity contribution < 1.29 is 17.6 Å². The zero-order valence-corrected chi connectivity index (χ0v) is 15.0. The summed E-state index contributed by atoms with van der Waals surface area (Å²) < 4.78 is 40.0. The van der Waals surface area contributed by atoms with Crippen LogP contribution in [0.3, 0.4) is 0 Å². The second-order valence-corrected chi connectivity index (χ2v) is 7.53. The first kappa shape index (κ1) is 18.6. The number of rotatable bonds is 6. The molecule has 2 N–H and O–H groups in total. The summed E-state index contributed by atoms with van der Waals surface area (Å²) in [6, 6.07) is 20.1. The van der Waals surface area contributed by atoms with Crippen molar-refractivity contribution in [2.75, 3.05) is 10.0 Å². The summed E-state index contributed by atoms with van der Waals surface area (Å²) in [5.41, 5.74) is 1.64. The first-order valence-electron chi connectivity index (χ1n) is 8.15. The van der Waals surface area contributed by atoms with Crippen molar-refractivity contribution in [3.63, 3.8) is 0 Å². The Balaban J connectivity index is 1.65. The third-order valence-corrected chi connectivity index (χ3v) is 5.15. The molecule has 3 aromatic rings. The van der Waals surface area contributed by atoms with Gasteiger partial charge in [-0.15, -0.1) is 0 Å². The summed E-state index contributed by atoms with van der Waals surface area (Å²) in [5, 5.41) is 2.73. The zero-order valence-electron chi connectivity index (χ0n) is 14.2. The molecule has 1 amide bonds. The van der Waals surface area contributed by atoms with E-state index in [4.69, 9.17) is 0 Å². The maximum Gasteiger partial charge on any atom is 0.261 e. The molecular formula is C20H17FN2O3S. The van der Waals surface area contributed by atoms with E-state index in [1.54, 1.807) is 0 Å². The number of hydrogen-bond donors (Lipinski definition) is 2. The van der Waals surface area contributed by atoms with Gasteiger partial charge in [-0.3, -0.25) is 9.52 Å². The maximum atomic E-state index is 12.9. The van der Waals surface area contributed by atoms with Crippen molar-refractivity contribution in [1.29, 1.82) is 0 Å². The van der Waals surface area contributed by atoms with Crippen molar-refractivity contribution in [1.82, 2.24) is 0 Å². The molecule has 0 aliphatic heterocycles. The van der Waals surface area contributed by atoms with E-state index in [9.17, 15) is 17.6 Å². The molecule has 3 rings (SSSR count). The van der Waals surface area contributed by atoms with Crippen LogP contribution in [0.5, 0.6) is 0 Å². The quantitative estimate of drug-likeness (QED) is 0.679. The van der Waals surface area contributed by atoms with Gasteiger partial charge in [-0.1, -0.05) is 30.3 Å². The number of amides is 1. The van der Waals surface area contributed by atoms with Crippen LogP contribution >= 0.6 is 0 Å². The van der Waals surface area contributed by atoms with Gasteiger partial charge in [0, 0.05) is 11.4 Å². The molecule has 0 bridgehead atoms. The van der Waals surface area contributed by atoms with Crippen LogP contribution in [-0.2, 0) is 21.2 Å². The highest BCUT2D eigenvalue weighted by Crippen LogP contribution is 2.18. The Kier molecular flexibility index (Phi) is 5.52. The molecule has 7 heteroatoms. The highest BCUT2D eigenvalue weighted by Gasteiger charge is 2.14. The number of nitrogens with one attached hydrogen (secondary N) is 2. The van der Waals surface area contributed by atoms with Gasteiger partial charge < -0.3 is 5.32 Å². The smallest absolute Gasteiger partial charge is 0.261 e. The molecular weight excluding hydrogens is 367 g/mol. The fraction of sp³-hybridized carbons (Fsp3) is 0.0500. The normalized spacial score (nSPS) is 11.0. The minimum absolute atomic E-state index is 0.0351. The van der Waals surface area contributed by atoms with Gasteiger partial charge in [0.15, 0.2) is 0 Å². The molecule has 0 aromatic heterocycles. The Bertz CT molecular complexity index is 1020. The second kappa shape index (κ2) is 8.01. The van der Waals surface area contributed by atoms with Crippen LogP contribution in [-0.4, -0.2) is 14.3 Å². The maximum absolute atomic E-state index is 12.9. The topological polar surface area (TPSA) is 75.3 Å². The van der Waals surface area contributed by atoms with E-state index in [-0.39, 0.29) is 22.9 Å². The summed E-state index contributed by atoms with van der Waals surface area (Å²) in [6.45, 7) is 0. The van der Waals surface area contributed by atoms with Gasteiger partial charge in [-0.2, -0.15) is 0 Å². The fourth-order valence-electron chi connectivity index (χ4n) is 2.44. The third-order valence-electron chi connectivity index (χ3n) is 3.75. The van der Waals surface area contributed by atoms with E-state index in [1.807, 2.05) is 30.3 Å². The lowest BCUT2D eigenvalue weighted by molar-refractivity contribution is -0.115. The molecule has 0 heterocycles. The number of hydrogen-bond acceptors (Lipinski definition) is 3. The minimum Gasteiger partial charge on any atom is -0.326 e. The number of anilines is 2. The number of benzene rings is 3. The average molecular weight is 384 g/mol. The molecule has 138 valence electrons. The van der Waals surface area contributed by atoms with E-state index in [2.05, 4.69) is 10.0 Å². The predicted octanol–water partition coefficient (Wildman–Crippen LogP) is 3.81. The summed E-state index contributed by atoms with van der Waals surface area (Å²) in [4.78, 5) is 12.1. The van der Waals surface area contributed by atoms with E-state index in [0.29, 0.717) is 5.69 Å². The lowest BCUT2D eigenvalue weighted by Crippen LogP contribution is -2.15. The van der Waals surface area contributed by atoms with Crippen LogP contribution in [0.25, 0.3) is 0 Å². The zero-order chi connectivity index (χ0) is 19.3. The molecule has 0 spiro atoms. The lowest BCUT2D eigenvalue weighted by Gasteiger charge is -2.09. The fourth-order valence-corrected chi connectivity index (χ4v) is 3.49. The molecule has 0 aliphatic carbocycles. The first-order chi connectivity index (χ1) is 12.9. The van der Waals surface area contributed by atoms with Crippen molar-refractivity contribution in [3.05, 3.63) is 90.2 Å². The molecule has 0 fully saturated rings. The Labute approximate surface area is 156 Å². The molecule has 3 aromatic carbocycles. The van der Waals surface area contributed by atoms with Gasteiger partial charge in [0.05, 0.1) is 11.3 Å². The van der Waals surface area contributed by atoms with Gasteiger partial charge in [0.2, 0.25) is 5.91 Å². The van der Waals surface area contributed by atoms with Crippen LogP contribution in [0.1, 0.15) is 5.56 Å².